The Kier molecular flexibility index (Phi) is 6.92. The second-order valence-electron chi connectivity index (χ2n) is 8.21. The van der Waals surface area contributed by atoms with Gasteiger partial charge in [-0.05, 0) is 30.7 Å². The number of aromatic nitrogens is 4. The van der Waals surface area contributed by atoms with Crippen LogP contribution in [0.3, 0.4) is 0 Å². The van der Waals surface area contributed by atoms with Crippen LogP contribution in [0.15, 0.2) is 60.7 Å². The van der Waals surface area contributed by atoms with Crippen molar-refractivity contribution in [3.05, 3.63) is 66.2 Å². The molecule has 1 aliphatic heterocycles. The van der Waals surface area contributed by atoms with E-state index in [0.717, 1.165) is 22.6 Å². The van der Waals surface area contributed by atoms with Crippen molar-refractivity contribution in [3.63, 3.8) is 0 Å². The zero-order chi connectivity index (χ0) is 24.9. The molecule has 1 aliphatic rings. The van der Waals surface area contributed by atoms with E-state index in [0.29, 0.717) is 30.3 Å². The Hall–Kier alpha value is -4.22. The molecule has 11 heteroatoms. The van der Waals surface area contributed by atoms with Gasteiger partial charge >= 0.3 is 0 Å². The minimum absolute atomic E-state index is 0.0967. The Balaban J connectivity index is 1.14. The molecule has 3 heterocycles. The van der Waals surface area contributed by atoms with Gasteiger partial charge < -0.3 is 19.5 Å². The summed E-state index contributed by atoms with van der Waals surface area (Å²) in [7, 11) is 3.24. The maximum Gasteiger partial charge on any atom is 0.238 e. The quantitative estimate of drug-likeness (QED) is 0.303. The lowest BCUT2D eigenvalue weighted by Gasteiger charge is -2.15. The highest BCUT2D eigenvalue weighted by Gasteiger charge is 2.31. The third-order valence-corrected chi connectivity index (χ3v) is 5.95. The van der Waals surface area contributed by atoms with Gasteiger partial charge in [0.2, 0.25) is 11.8 Å². The minimum atomic E-state index is -0.397. The highest BCUT2D eigenvalue weighted by molar-refractivity contribution is 5.82. The van der Waals surface area contributed by atoms with Crippen LogP contribution in [0.2, 0.25) is 0 Å². The number of carbonyl (C=O) groups is 1. The molecule has 1 saturated heterocycles. The van der Waals surface area contributed by atoms with Crippen molar-refractivity contribution in [1.82, 2.24) is 36.0 Å². The zero-order valence-electron chi connectivity index (χ0n) is 20.0. The number of rotatable bonds is 9. The molecular weight excluding hydrogens is 462 g/mol. The van der Waals surface area contributed by atoms with Crippen molar-refractivity contribution in [3.8, 4) is 28.8 Å². The molecule has 0 aliphatic carbocycles. The molecule has 11 nitrogen and oxygen atoms in total. The second-order valence-corrected chi connectivity index (χ2v) is 8.21. The van der Waals surface area contributed by atoms with E-state index in [9.17, 15) is 4.79 Å². The molecule has 0 radical (unpaired) electrons. The van der Waals surface area contributed by atoms with Gasteiger partial charge in [0.1, 0.15) is 24.1 Å². The Morgan fingerprint density at radius 1 is 1.06 bits per heavy atom. The molecule has 0 saturated carbocycles. The number of hydrogen-bond donors (Lipinski definition) is 3. The zero-order valence-corrected chi connectivity index (χ0v) is 20.0. The fourth-order valence-electron chi connectivity index (χ4n) is 4.11. The SMILES string of the molecule is COc1ccc(OC)c(C2CC(C(=O)NCCOc3ccc4nnc(-c5ccccc5)n4n3)NN2)c1. The van der Waals surface area contributed by atoms with Crippen molar-refractivity contribution in [2.75, 3.05) is 27.4 Å². The van der Waals surface area contributed by atoms with E-state index in [1.807, 2.05) is 48.5 Å². The van der Waals surface area contributed by atoms with Gasteiger partial charge in [0.05, 0.1) is 26.8 Å². The average molecular weight is 490 g/mol. The number of hydrogen-bond acceptors (Lipinski definition) is 9. The number of amides is 1. The van der Waals surface area contributed by atoms with E-state index < -0.39 is 6.04 Å². The number of ether oxygens (including phenoxy) is 3. The van der Waals surface area contributed by atoms with Crippen LogP contribution in [0.25, 0.3) is 17.0 Å². The van der Waals surface area contributed by atoms with Crippen molar-refractivity contribution >= 4 is 11.6 Å². The van der Waals surface area contributed by atoms with Crippen LogP contribution in [0.4, 0.5) is 0 Å². The fourth-order valence-corrected chi connectivity index (χ4v) is 4.11. The van der Waals surface area contributed by atoms with Gasteiger partial charge in [0, 0.05) is 17.2 Å². The van der Waals surface area contributed by atoms with Gasteiger partial charge in [0.15, 0.2) is 11.5 Å². The van der Waals surface area contributed by atoms with Crippen molar-refractivity contribution < 1.29 is 19.0 Å². The minimum Gasteiger partial charge on any atom is -0.497 e. The van der Waals surface area contributed by atoms with E-state index in [2.05, 4.69) is 31.5 Å². The summed E-state index contributed by atoms with van der Waals surface area (Å²) < 4.78 is 18.2. The topological polar surface area (TPSA) is 124 Å². The number of fused-ring (bicyclic) bond motifs is 1. The highest BCUT2D eigenvalue weighted by atomic mass is 16.5. The lowest BCUT2D eigenvalue weighted by Crippen LogP contribution is -2.44. The van der Waals surface area contributed by atoms with E-state index in [4.69, 9.17) is 14.2 Å². The molecule has 2 unspecified atom stereocenters. The van der Waals surface area contributed by atoms with E-state index >= 15 is 0 Å². The van der Waals surface area contributed by atoms with Crippen LogP contribution in [0.5, 0.6) is 17.4 Å². The third kappa shape index (κ3) is 4.92. The van der Waals surface area contributed by atoms with Crippen LogP contribution < -0.4 is 30.4 Å². The van der Waals surface area contributed by atoms with Crippen LogP contribution in [0.1, 0.15) is 18.0 Å². The van der Waals surface area contributed by atoms with Crippen LogP contribution in [-0.4, -0.2) is 59.1 Å². The summed E-state index contributed by atoms with van der Waals surface area (Å²) in [5.41, 5.74) is 8.69. The van der Waals surface area contributed by atoms with Gasteiger partial charge in [0.25, 0.3) is 0 Å². The largest absolute Gasteiger partial charge is 0.497 e. The number of benzene rings is 2. The van der Waals surface area contributed by atoms with E-state index in [1.165, 1.54) is 0 Å². The summed E-state index contributed by atoms with van der Waals surface area (Å²) in [5, 5.41) is 15.8. The first kappa shape index (κ1) is 23.5. The Morgan fingerprint density at radius 3 is 2.72 bits per heavy atom. The molecule has 4 aromatic rings. The maximum absolute atomic E-state index is 12.7. The van der Waals surface area contributed by atoms with Crippen LogP contribution in [0, 0.1) is 0 Å². The van der Waals surface area contributed by atoms with Crippen LogP contribution >= 0.6 is 0 Å². The summed E-state index contributed by atoms with van der Waals surface area (Å²) in [6.45, 7) is 0.595. The first-order valence-corrected chi connectivity index (χ1v) is 11.6. The van der Waals surface area contributed by atoms with E-state index in [-0.39, 0.29) is 18.6 Å². The maximum atomic E-state index is 12.7. The van der Waals surface area contributed by atoms with Gasteiger partial charge in [-0.3, -0.25) is 4.79 Å². The predicted octanol–water partition coefficient (Wildman–Crippen LogP) is 1.91. The Labute approximate surface area is 207 Å². The van der Waals surface area contributed by atoms with Gasteiger partial charge in [-0.2, -0.15) is 4.52 Å². The van der Waals surface area contributed by atoms with Crippen molar-refractivity contribution in [1.29, 1.82) is 0 Å². The third-order valence-electron chi connectivity index (χ3n) is 5.95. The van der Waals surface area contributed by atoms with Crippen LogP contribution in [-0.2, 0) is 4.79 Å². The molecule has 36 heavy (non-hydrogen) atoms. The molecule has 186 valence electrons. The summed E-state index contributed by atoms with van der Waals surface area (Å²) in [5.74, 6) is 2.39. The number of methoxy groups -OCH3 is 2. The second kappa shape index (κ2) is 10.6. The summed E-state index contributed by atoms with van der Waals surface area (Å²) >= 11 is 0. The smallest absolute Gasteiger partial charge is 0.238 e. The standard InChI is InChI=1S/C25H27N7O4/c1-34-17-8-9-21(35-2)18(14-17)19-15-20(28-27-19)25(33)26-12-13-36-23-11-10-22-29-30-24(32(22)31-23)16-6-4-3-5-7-16/h3-11,14,19-20,27-28H,12-13,15H2,1-2H3,(H,26,33). The van der Waals surface area contributed by atoms with Gasteiger partial charge in [-0.15, -0.1) is 15.3 Å². The molecule has 1 fully saturated rings. The number of carbonyl (C=O) groups excluding carboxylic acids is 1. The molecule has 2 aromatic carbocycles. The first-order chi connectivity index (χ1) is 17.7. The molecule has 2 aromatic heterocycles. The highest BCUT2D eigenvalue weighted by Crippen LogP contribution is 2.33. The Morgan fingerprint density at radius 2 is 1.92 bits per heavy atom. The van der Waals surface area contributed by atoms with Gasteiger partial charge in [-0.25, -0.2) is 10.9 Å². The number of nitrogens with one attached hydrogen (secondary N) is 3. The molecule has 0 spiro atoms. The number of nitrogens with zero attached hydrogens (tertiary/aromatic N) is 4. The average Bonchev–Trinajstić information content (AvgIpc) is 3.59. The molecule has 1 amide bonds. The van der Waals surface area contributed by atoms with Gasteiger partial charge in [-0.1, -0.05) is 30.3 Å². The normalized spacial score (nSPS) is 17.2. The molecule has 5 rings (SSSR count). The first-order valence-electron chi connectivity index (χ1n) is 11.6. The van der Waals surface area contributed by atoms with Crippen molar-refractivity contribution in [2.24, 2.45) is 0 Å². The molecular formula is C25H27N7O4. The van der Waals surface area contributed by atoms with Crippen molar-refractivity contribution in [2.45, 2.75) is 18.5 Å². The predicted molar refractivity (Wildman–Crippen MR) is 132 cm³/mol. The number of hydrazine groups is 1. The fraction of sp³-hybridized carbons (Fsp3) is 0.280. The molecule has 0 bridgehead atoms. The molecule has 3 N–H and O–H groups in total. The summed E-state index contributed by atoms with van der Waals surface area (Å²) in [6.07, 6.45) is 0.560. The Bertz CT molecular complexity index is 1350. The lowest BCUT2D eigenvalue weighted by atomic mass is 10.0. The monoisotopic (exact) mass is 489 g/mol. The molecule has 2 atom stereocenters. The summed E-state index contributed by atoms with van der Waals surface area (Å²) in [6, 6.07) is 18.3. The lowest BCUT2D eigenvalue weighted by molar-refractivity contribution is -0.123. The summed E-state index contributed by atoms with van der Waals surface area (Å²) in [4.78, 5) is 12.7. The van der Waals surface area contributed by atoms with E-state index in [1.54, 1.807) is 30.9 Å².